The van der Waals surface area contributed by atoms with Crippen molar-refractivity contribution >= 4 is 50.1 Å². The van der Waals surface area contributed by atoms with Crippen molar-refractivity contribution in [2.24, 2.45) is 5.92 Å². The van der Waals surface area contributed by atoms with Crippen molar-refractivity contribution in [1.29, 1.82) is 0 Å². The zero-order valence-electron chi connectivity index (χ0n) is 11.8. The Morgan fingerprint density at radius 1 is 1.35 bits per heavy atom. The van der Waals surface area contributed by atoms with Gasteiger partial charge < -0.3 is 9.73 Å². The second-order valence-corrected chi connectivity index (χ2v) is 6.88. The second-order valence-electron chi connectivity index (χ2n) is 5.24. The highest BCUT2D eigenvalue weighted by Gasteiger charge is 2.21. The lowest BCUT2D eigenvalue weighted by atomic mass is 9.99. The van der Waals surface area contributed by atoms with Crippen LogP contribution in [0.2, 0.25) is 10.0 Å². The highest BCUT2D eigenvalue weighted by molar-refractivity contribution is 9.10. The first-order valence-corrected chi connectivity index (χ1v) is 8.29. The Morgan fingerprint density at radius 2 is 2.05 bits per heavy atom. The predicted molar refractivity (Wildman–Crippen MR) is 89.9 cm³/mol. The fourth-order valence-electron chi connectivity index (χ4n) is 2.28. The van der Waals surface area contributed by atoms with Gasteiger partial charge in [-0.05, 0) is 40.9 Å². The van der Waals surface area contributed by atoms with Crippen molar-refractivity contribution in [3.8, 4) is 0 Å². The van der Waals surface area contributed by atoms with Gasteiger partial charge in [-0.3, -0.25) is 0 Å². The zero-order chi connectivity index (χ0) is 14.9. The number of fused-ring (bicyclic) bond motifs is 1. The zero-order valence-corrected chi connectivity index (χ0v) is 14.9. The molecule has 0 aliphatic carbocycles. The van der Waals surface area contributed by atoms with E-state index in [9.17, 15) is 0 Å². The van der Waals surface area contributed by atoms with Crippen molar-refractivity contribution in [3.63, 3.8) is 0 Å². The third kappa shape index (κ3) is 3.16. The molecule has 0 aliphatic rings. The van der Waals surface area contributed by atoms with E-state index >= 15 is 0 Å². The van der Waals surface area contributed by atoms with E-state index in [1.807, 2.05) is 0 Å². The molecule has 0 saturated heterocycles. The van der Waals surface area contributed by atoms with Crippen LogP contribution in [0.4, 0.5) is 0 Å². The Labute approximate surface area is 137 Å². The first kappa shape index (κ1) is 16.2. The maximum Gasteiger partial charge on any atom is 0.154 e. The minimum Gasteiger partial charge on any atom is -0.458 e. The fraction of sp³-hybridized carbons (Fsp3) is 0.467. The highest BCUT2D eigenvalue weighted by atomic mass is 79.9. The van der Waals surface area contributed by atoms with E-state index in [4.69, 9.17) is 27.6 Å². The average molecular weight is 379 g/mol. The molecule has 1 N–H and O–H groups in total. The van der Waals surface area contributed by atoms with Crippen LogP contribution in [0.1, 0.15) is 32.1 Å². The summed E-state index contributed by atoms with van der Waals surface area (Å²) in [5.41, 5.74) is 1.84. The first-order valence-electron chi connectivity index (χ1n) is 6.74. The maximum absolute atomic E-state index is 6.45. The highest BCUT2D eigenvalue weighted by Crippen LogP contribution is 2.41. The Morgan fingerprint density at radius 3 is 2.65 bits per heavy atom. The van der Waals surface area contributed by atoms with Crippen LogP contribution < -0.4 is 5.32 Å². The third-order valence-electron chi connectivity index (χ3n) is 3.14. The molecular weight excluding hydrogens is 361 g/mol. The molecular formula is C15H18BrCl2NO. The summed E-state index contributed by atoms with van der Waals surface area (Å²) >= 11 is 16.2. The molecule has 1 aromatic heterocycles. The molecule has 5 heteroatoms. The summed E-state index contributed by atoms with van der Waals surface area (Å²) in [6.45, 7) is 8.02. The molecule has 110 valence electrons. The molecule has 20 heavy (non-hydrogen) atoms. The van der Waals surface area contributed by atoms with Crippen LogP contribution in [-0.2, 0) is 13.0 Å². The molecule has 0 aliphatic heterocycles. The van der Waals surface area contributed by atoms with Crippen LogP contribution in [0.15, 0.2) is 15.0 Å². The Hall–Kier alpha value is -0.220. The normalized spacial score (nSPS) is 11.8. The van der Waals surface area contributed by atoms with Gasteiger partial charge in [0.15, 0.2) is 5.58 Å². The Bertz CT molecular complexity index is 622. The van der Waals surface area contributed by atoms with Gasteiger partial charge in [0.2, 0.25) is 0 Å². The molecule has 0 unspecified atom stereocenters. The lowest BCUT2D eigenvalue weighted by Gasteiger charge is -2.07. The smallest absolute Gasteiger partial charge is 0.154 e. The molecule has 2 rings (SSSR count). The van der Waals surface area contributed by atoms with E-state index in [0.717, 1.165) is 34.1 Å². The molecule has 2 aromatic rings. The van der Waals surface area contributed by atoms with E-state index < -0.39 is 0 Å². The minimum absolute atomic E-state index is 0.519. The fourth-order valence-corrected chi connectivity index (χ4v) is 3.33. The molecule has 0 atom stereocenters. The van der Waals surface area contributed by atoms with Crippen LogP contribution in [0.25, 0.3) is 11.0 Å². The van der Waals surface area contributed by atoms with E-state index in [0.29, 0.717) is 28.1 Å². The number of nitrogens with one attached hydrogen (secondary N) is 1. The average Bonchev–Trinajstić information content (AvgIpc) is 2.72. The lowest BCUT2D eigenvalue weighted by molar-refractivity contribution is 0.506. The van der Waals surface area contributed by atoms with Gasteiger partial charge in [0, 0.05) is 15.4 Å². The molecule has 0 radical (unpaired) electrons. The van der Waals surface area contributed by atoms with E-state index in [-0.39, 0.29) is 0 Å². The van der Waals surface area contributed by atoms with Gasteiger partial charge in [-0.25, -0.2) is 0 Å². The van der Waals surface area contributed by atoms with Crippen LogP contribution in [-0.4, -0.2) is 6.54 Å². The molecule has 1 aromatic carbocycles. The summed E-state index contributed by atoms with van der Waals surface area (Å²) in [6.07, 6.45) is 0.917. The van der Waals surface area contributed by atoms with Gasteiger partial charge in [0.1, 0.15) is 5.76 Å². The van der Waals surface area contributed by atoms with E-state index in [2.05, 4.69) is 42.0 Å². The Kier molecular flexibility index (Phi) is 5.41. The van der Waals surface area contributed by atoms with Gasteiger partial charge in [-0.2, -0.15) is 0 Å². The van der Waals surface area contributed by atoms with Crippen molar-refractivity contribution in [1.82, 2.24) is 5.32 Å². The minimum atomic E-state index is 0.519. The molecule has 0 amide bonds. The maximum atomic E-state index is 6.45. The first-order chi connectivity index (χ1) is 9.45. The summed E-state index contributed by atoms with van der Waals surface area (Å²) in [5, 5.41) is 5.50. The van der Waals surface area contributed by atoms with Gasteiger partial charge in [-0.1, -0.05) is 44.0 Å². The summed E-state index contributed by atoms with van der Waals surface area (Å²) < 4.78 is 6.77. The van der Waals surface area contributed by atoms with Crippen molar-refractivity contribution in [3.05, 3.63) is 31.9 Å². The topological polar surface area (TPSA) is 25.2 Å². The number of benzene rings is 1. The van der Waals surface area contributed by atoms with Gasteiger partial charge in [-0.15, -0.1) is 0 Å². The number of hydrogen-bond acceptors (Lipinski definition) is 2. The number of rotatable bonds is 5. The van der Waals surface area contributed by atoms with Crippen LogP contribution in [0, 0.1) is 5.92 Å². The summed E-state index contributed by atoms with van der Waals surface area (Å²) in [4.78, 5) is 0. The van der Waals surface area contributed by atoms with Crippen molar-refractivity contribution < 1.29 is 4.42 Å². The molecule has 0 saturated carbocycles. The SMILES string of the molecule is CCNCc1oc2c(Cl)cc(Br)c(Cl)c2c1CC(C)C. The summed E-state index contributed by atoms with van der Waals surface area (Å²) in [7, 11) is 0. The van der Waals surface area contributed by atoms with Crippen LogP contribution in [0.3, 0.4) is 0 Å². The van der Waals surface area contributed by atoms with Crippen LogP contribution in [0.5, 0.6) is 0 Å². The number of hydrogen-bond donors (Lipinski definition) is 1. The lowest BCUT2D eigenvalue weighted by Crippen LogP contribution is -2.12. The summed E-state index contributed by atoms with van der Waals surface area (Å²) in [5.74, 6) is 1.45. The molecule has 0 bridgehead atoms. The van der Waals surface area contributed by atoms with Gasteiger partial charge in [0.25, 0.3) is 0 Å². The monoisotopic (exact) mass is 377 g/mol. The van der Waals surface area contributed by atoms with Gasteiger partial charge in [0.05, 0.1) is 16.6 Å². The van der Waals surface area contributed by atoms with Crippen molar-refractivity contribution in [2.45, 2.75) is 33.7 Å². The van der Waals surface area contributed by atoms with Gasteiger partial charge >= 0.3 is 0 Å². The largest absolute Gasteiger partial charge is 0.458 e. The third-order valence-corrected chi connectivity index (χ3v) is 4.67. The molecule has 0 fully saturated rings. The molecule has 1 heterocycles. The number of halogens is 3. The predicted octanol–water partition coefficient (Wildman–Crippen LogP) is 5.81. The number of furan rings is 1. The second kappa shape index (κ2) is 6.69. The van der Waals surface area contributed by atoms with Crippen molar-refractivity contribution in [2.75, 3.05) is 6.54 Å². The Balaban J connectivity index is 2.66. The summed E-state index contributed by atoms with van der Waals surface area (Å²) in [6, 6.07) is 1.78. The quantitative estimate of drug-likeness (QED) is 0.664. The standard InChI is InChI=1S/C15H18BrCl2NO/c1-4-19-7-12-9(5-8(2)3)13-14(18)10(16)6-11(17)15(13)20-12/h6,8,19H,4-5,7H2,1-3H3. The molecule has 0 spiro atoms. The molecule has 2 nitrogen and oxygen atoms in total. The van der Waals surface area contributed by atoms with Crippen LogP contribution >= 0.6 is 39.1 Å². The van der Waals surface area contributed by atoms with E-state index in [1.54, 1.807) is 6.07 Å². The van der Waals surface area contributed by atoms with E-state index in [1.165, 1.54) is 0 Å².